The Hall–Kier alpha value is -1.70. The molecule has 1 fully saturated rings. The van der Waals surface area contributed by atoms with Crippen molar-refractivity contribution in [2.24, 2.45) is 0 Å². The second kappa shape index (κ2) is 7.04. The number of aromatic amines is 1. The van der Waals surface area contributed by atoms with Crippen LogP contribution in [0.3, 0.4) is 0 Å². The third-order valence-electron chi connectivity index (χ3n) is 4.64. The molecule has 0 aliphatic carbocycles. The van der Waals surface area contributed by atoms with Crippen molar-refractivity contribution in [3.63, 3.8) is 0 Å². The SMILES string of the molecule is CC1CCCCN1CCNS(=O)(=O)c1ccc2[nH]c(=O)ccc2c1. The topological polar surface area (TPSA) is 82.3 Å². The molecule has 1 saturated heterocycles. The first-order chi connectivity index (χ1) is 11.5. The zero-order valence-electron chi connectivity index (χ0n) is 13.8. The van der Waals surface area contributed by atoms with Gasteiger partial charge in [-0.25, -0.2) is 13.1 Å². The Morgan fingerprint density at radius 1 is 1.25 bits per heavy atom. The summed E-state index contributed by atoms with van der Waals surface area (Å²) in [5.41, 5.74) is 0.426. The standard InChI is InChI=1S/C17H23N3O3S/c1-13-4-2-3-10-20(13)11-9-18-24(22,23)15-6-7-16-14(12-15)5-8-17(21)19-16/h5-8,12-13,18H,2-4,9-11H2,1H3,(H,19,21). The Morgan fingerprint density at radius 3 is 2.88 bits per heavy atom. The number of nitrogens with one attached hydrogen (secondary N) is 2. The molecule has 0 saturated carbocycles. The number of sulfonamides is 1. The van der Waals surface area contributed by atoms with Crippen molar-refractivity contribution in [2.75, 3.05) is 19.6 Å². The highest BCUT2D eigenvalue weighted by Crippen LogP contribution is 2.17. The highest BCUT2D eigenvalue weighted by Gasteiger charge is 2.19. The second-order valence-electron chi connectivity index (χ2n) is 6.35. The Kier molecular flexibility index (Phi) is 5.03. The zero-order valence-corrected chi connectivity index (χ0v) is 14.6. The normalized spacial score (nSPS) is 19.6. The van der Waals surface area contributed by atoms with E-state index in [2.05, 4.69) is 21.5 Å². The zero-order chi connectivity index (χ0) is 17.2. The van der Waals surface area contributed by atoms with Crippen LogP contribution in [0.2, 0.25) is 0 Å². The number of hydrogen-bond donors (Lipinski definition) is 2. The number of piperidine rings is 1. The highest BCUT2D eigenvalue weighted by molar-refractivity contribution is 7.89. The van der Waals surface area contributed by atoms with Crippen LogP contribution in [-0.2, 0) is 10.0 Å². The van der Waals surface area contributed by atoms with Crippen molar-refractivity contribution < 1.29 is 8.42 Å². The number of pyridine rings is 1. The quantitative estimate of drug-likeness (QED) is 0.860. The lowest BCUT2D eigenvalue weighted by Crippen LogP contribution is -2.42. The summed E-state index contributed by atoms with van der Waals surface area (Å²) >= 11 is 0. The maximum atomic E-state index is 12.5. The minimum atomic E-state index is -3.55. The fraction of sp³-hybridized carbons (Fsp3) is 0.471. The average Bonchev–Trinajstić information content (AvgIpc) is 2.56. The third kappa shape index (κ3) is 3.85. The predicted octanol–water partition coefficient (Wildman–Crippen LogP) is 1.68. The molecular weight excluding hydrogens is 326 g/mol. The van der Waals surface area contributed by atoms with Crippen LogP contribution >= 0.6 is 0 Å². The van der Waals surface area contributed by atoms with Crippen molar-refractivity contribution in [1.82, 2.24) is 14.6 Å². The minimum absolute atomic E-state index is 0.202. The molecule has 7 heteroatoms. The Balaban J connectivity index is 1.68. The van der Waals surface area contributed by atoms with Gasteiger partial charge >= 0.3 is 0 Å². The summed E-state index contributed by atoms with van der Waals surface area (Å²) in [5.74, 6) is 0. The number of nitrogens with zero attached hydrogens (tertiary/aromatic N) is 1. The molecule has 2 heterocycles. The Labute approximate surface area is 141 Å². The molecule has 1 atom stereocenters. The van der Waals surface area contributed by atoms with Gasteiger partial charge < -0.3 is 4.98 Å². The van der Waals surface area contributed by atoms with Crippen LogP contribution in [0.25, 0.3) is 10.9 Å². The van der Waals surface area contributed by atoms with Gasteiger partial charge in [0.05, 0.1) is 4.90 Å². The van der Waals surface area contributed by atoms with Crippen LogP contribution in [0.5, 0.6) is 0 Å². The van der Waals surface area contributed by atoms with Gasteiger partial charge in [-0.1, -0.05) is 6.42 Å². The molecule has 1 aliphatic rings. The van der Waals surface area contributed by atoms with Crippen LogP contribution in [0.4, 0.5) is 0 Å². The number of hydrogen-bond acceptors (Lipinski definition) is 4. The van der Waals surface area contributed by atoms with Crippen molar-refractivity contribution in [2.45, 2.75) is 37.1 Å². The van der Waals surface area contributed by atoms with Gasteiger partial charge in [0.25, 0.3) is 0 Å². The van der Waals surface area contributed by atoms with Crippen molar-refractivity contribution >= 4 is 20.9 Å². The van der Waals surface area contributed by atoms with Gasteiger partial charge in [0.15, 0.2) is 0 Å². The smallest absolute Gasteiger partial charge is 0.248 e. The van der Waals surface area contributed by atoms with Gasteiger partial charge in [-0.3, -0.25) is 9.69 Å². The van der Waals surface area contributed by atoms with E-state index >= 15 is 0 Å². The molecule has 0 radical (unpaired) electrons. The van der Waals surface area contributed by atoms with E-state index in [9.17, 15) is 13.2 Å². The summed E-state index contributed by atoms with van der Waals surface area (Å²) in [6.45, 7) is 4.35. The summed E-state index contributed by atoms with van der Waals surface area (Å²) in [6, 6.07) is 8.26. The van der Waals surface area contributed by atoms with Crippen LogP contribution in [0.15, 0.2) is 40.0 Å². The van der Waals surface area contributed by atoms with Gasteiger partial charge in [0, 0.05) is 30.7 Å². The Bertz CT molecular complexity index is 876. The first-order valence-corrected chi connectivity index (χ1v) is 9.81. The molecule has 1 aromatic heterocycles. The number of likely N-dealkylation sites (tertiary alicyclic amines) is 1. The van der Waals surface area contributed by atoms with Gasteiger partial charge in [-0.05, 0) is 56.0 Å². The van der Waals surface area contributed by atoms with E-state index in [4.69, 9.17) is 0 Å². The van der Waals surface area contributed by atoms with E-state index in [1.165, 1.54) is 31.4 Å². The molecule has 1 unspecified atom stereocenters. The maximum Gasteiger partial charge on any atom is 0.248 e. The van der Waals surface area contributed by atoms with Crippen LogP contribution in [0.1, 0.15) is 26.2 Å². The molecule has 0 amide bonds. The molecule has 0 bridgehead atoms. The summed E-state index contributed by atoms with van der Waals surface area (Å²) in [5, 5.41) is 0.696. The second-order valence-corrected chi connectivity index (χ2v) is 8.12. The molecule has 6 nitrogen and oxygen atoms in total. The van der Waals surface area contributed by atoms with Crippen molar-refractivity contribution in [1.29, 1.82) is 0 Å². The first-order valence-electron chi connectivity index (χ1n) is 8.32. The Morgan fingerprint density at radius 2 is 2.08 bits per heavy atom. The van der Waals surface area contributed by atoms with Gasteiger partial charge in [0.2, 0.25) is 15.6 Å². The number of aromatic nitrogens is 1. The molecule has 130 valence electrons. The molecule has 0 spiro atoms. The number of fused-ring (bicyclic) bond motifs is 1. The van der Waals surface area contributed by atoms with E-state index in [0.717, 1.165) is 13.1 Å². The summed E-state index contributed by atoms with van der Waals surface area (Å²) in [6.07, 6.45) is 3.61. The van der Waals surface area contributed by atoms with E-state index < -0.39 is 10.0 Å². The lowest BCUT2D eigenvalue weighted by atomic mass is 10.0. The van der Waals surface area contributed by atoms with Crippen molar-refractivity contribution in [3.05, 3.63) is 40.7 Å². The van der Waals surface area contributed by atoms with Gasteiger partial charge in [0.1, 0.15) is 0 Å². The molecule has 2 N–H and O–H groups in total. The van der Waals surface area contributed by atoms with E-state index in [0.29, 0.717) is 23.5 Å². The number of H-pyrrole nitrogens is 1. The number of benzene rings is 1. The van der Waals surface area contributed by atoms with E-state index in [1.54, 1.807) is 18.2 Å². The largest absolute Gasteiger partial charge is 0.322 e. The molecule has 1 aliphatic heterocycles. The fourth-order valence-corrected chi connectivity index (χ4v) is 4.25. The first kappa shape index (κ1) is 17.1. The molecule has 3 rings (SSSR count). The fourth-order valence-electron chi connectivity index (χ4n) is 3.20. The highest BCUT2D eigenvalue weighted by atomic mass is 32.2. The lowest BCUT2D eigenvalue weighted by Gasteiger charge is -2.33. The molecule has 2 aromatic rings. The van der Waals surface area contributed by atoms with Crippen molar-refractivity contribution in [3.8, 4) is 0 Å². The third-order valence-corrected chi connectivity index (χ3v) is 6.10. The summed E-state index contributed by atoms with van der Waals surface area (Å²) in [4.78, 5) is 16.5. The van der Waals surface area contributed by atoms with E-state index in [1.807, 2.05) is 0 Å². The molecule has 24 heavy (non-hydrogen) atoms. The molecule has 1 aromatic carbocycles. The van der Waals surface area contributed by atoms with Crippen LogP contribution < -0.4 is 10.3 Å². The summed E-state index contributed by atoms with van der Waals surface area (Å²) < 4.78 is 27.6. The lowest BCUT2D eigenvalue weighted by molar-refractivity contribution is 0.164. The maximum absolute atomic E-state index is 12.5. The van der Waals surface area contributed by atoms with Gasteiger partial charge in [-0.2, -0.15) is 0 Å². The van der Waals surface area contributed by atoms with Crippen LogP contribution in [-0.4, -0.2) is 44.0 Å². The van der Waals surface area contributed by atoms with Crippen LogP contribution in [0, 0.1) is 0 Å². The molecular formula is C17H23N3O3S. The van der Waals surface area contributed by atoms with Gasteiger partial charge in [-0.15, -0.1) is 0 Å². The minimum Gasteiger partial charge on any atom is -0.322 e. The average molecular weight is 349 g/mol. The predicted molar refractivity (Wildman–Crippen MR) is 94.6 cm³/mol. The van der Waals surface area contributed by atoms with E-state index in [-0.39, 0.29) is 10.5 Å². The monoisotopic (exact) mass is 349 g/mol. The number of rotatable bonds is 5. The summed E-state index contributed by atoms with van der Waals surface area (Å²) in [7, 11) is -3.55.